The molecule has 3 nitrogen and oxygen atoms in total. The molecule has 0 saturated carbocycles. The number of benzene rings is 9. The van der Waals surface area contributed by atoms with Crippen LogP contribution in [0.5, 0.6) is 0 Å². The summed E-state index contributed by atoms with van der Waals surface area (Å²) in [5.41, 5.74) is 10.9. The van der Waals surface area contributed by atoms with Crippen molar-refractivity contribution < 1.29 is 4.42 Å². The van der Waals surface area contributed by atoms with Crippen molar-refractivity contribution in [3.05, 3.63) is 194 Å². The van der Waals surface area contributed by atoms with E-state index in [0.29, 0.717) is 0 Å². The summed E-state index contributed by atoms with van der Waals surface area (Å²) >= 11 is 1.88. The molecule has 262 valence electrons. The Morgan fingerprint density at radius 1 is 0.429 bits per heavy atom. The summed E-state index contributed by atoms with van der Waals surface area (Å²) in [6.45, 7) is 0. The average molecular weight is 733 g/mol. The fourth-order valence-electron chi connectivity index (χ4n) is 8.90. The number of anilines is 3. The lowest BCUT2D eigenvalue weighted by molar-refractivity contribution is 0.669. The Balaban J connectivity index is 1.10. The van der Waals surface area contributed by atoms with Crippen LogP contribution in [0.3, 0.4) is 0 Å². The van der Waals surface area contributed by atoms with Gasteiger partial charge in [0.25, 0.3) is 0 Å². The van der Waals surface area contributed by atoms with Crippen molar-refractivity contribution in [3.8, 4) is 16.8 Å². The lowest BCUT2D eigenvalue weighted by atomic mass is 9.95. The van der Waals surface area contributed by atoms with Gasteiger partial charge in [-0.2, -0.15) is 0 Å². The molecule has 0 fully saturated rings. The Labute approximate surface area is 326 Å². The van der Waals surface area contributed by atoms with Gasteiger partial charge in [-0.3, -0.25) is 0 Å². The molecule has 12 aromatic rings. The van der Waals surface area contributed by atoms with E-state index in [1.165, 1.54) is 58.4 Å². The first-order valence-corrected chi connectivity index (χ1v) is 19.8. The maximum absolute atomic E-state index is 6.45. The normalized spacial score (nSPS) is 11.9. The first-order valence-electron chi connectivity index (χ1n) is 19.0. The van der Waals surface area contributed by atoms with Gasteiger partial charge in [0, 0.05) is 58.8 Å². The van der Waals surface area contributed by atoms with Gasteiger partial charge < -0.3 is 13.9 Å². The highest BCUT2D eigenvalue weighted by atomic mass is 32.1. The third-order valence-corrected chi connectivity index (χ3v) is 12.6. The number of thiophene rings is 1. The summed E-state index contributed by atoms with van der Waals surface area (Å²) in [5.74, 6) is 0. The zero-order chi connectivity index (χ0) is 36.7. The van der Waals surface area contributed by atoms with Crippen LogP contribution in [0.4, 0.5) is 17.1 Å². The van der Waals surface area contributed by atoms with Gasteiger partial charge in [0.2, 0.25) is 0 Å². The lowest BCUT2D eigenvalue weighted by Gasteiger charge is -2.27. The van der Waals surface area contributed by atoms with E-state index in [1.807, 2.05) is 17.4 Å². The van der Waals surface area contributed by atoms with E-state index < -0.39 is 0 Å². The number of fused-ring (bicyclic) bond motifs is 11. The molecule has 9 aromatic carbocycles. The molecule has 3 aromatic heterocycles. The summed E-state index contributed by atoms with van der Waals surface area (Å²) in [5, 5.41) is 9.84. The van der Waals surface area contributed by atoms with Crippen LogP contribution in [0.2, 0.25) is 0 Å². The molecular formula is C52H32N2OS. The maximum Gasteiger partial charge on any atom is 0.137 e. The molecule has 0 spiro atoms. The summed E-state index contributed by atoms with van der Waals surface area (Å²) in [4.78, 5) is 2.40. The number of para-hydroxylation sites is 3. The van der Waals surface area contributed by atoms with E-state index in [-0.39, 0.29) is 0 Å². The summed E-state index contributed by atoms with van der Waals surface area (Å²) in [6.07, 6.45) is 0. The molecule has 3 heterocycles. The Kier molecular flexibility index (Phi) is 6.80. The average Bonchev–Trinajstić information content (AvgIpc) is 3.94. The minimum atomic E-state index is 0.868. The zero-order valence-corrected chi connectivity index (χ0v) is 31.0. The molecule has 0 amide bonds. The second kappa shape index (κ2) is 12.2. The van der Waals surface area contributed by atoms with E-state index in [0.717, 1.165) is 50.2 Å². The van der Waals surface area contributed by atoms with Crippen molar-refractivity contribution in [1.29, 1.82) is 0 Å². The Morgan fingerprint density at radius 3 is 1.95 bits per heavy atom. The van der Waals surface area contributed by atoms with Gasteiger partial charge >= 0.3 is 0 Å². The van der Waals surface area contributed by atoms with E-state index in [9.17, 15) is 0 Å². The van der Waals surface area contributed by atoms with E-state index in [4.69, 9.17) is 4.42 Å². The van der Waals surface area contributed by atoms with Crippen LogP contribution in [-0.2, 0) is 0 Å². The molecule has 0 atom stereocenters. The smallest absolute Gasteiger partial charge is 0.137 e. The van der Waals surface area contributed by atoms with Gasteiger partial charge in [-0.05, 0) is 89.3 Å². The fraction of sp³-hybridized carbons (Fsp3) is 0. The molecule has 0 aliphatic rings. The van der Waals surface area contributed by atoms with Crippen molar-refractivity contribution in [2.45, 2.75) is 0 Å². The summed E-state index contributed by atoms with van der Waals surface area (Å²) < 4.78 is 11.5. The number of rotatable bonds is 5. The highest BCUT2D eigenvalue weighted by Gasteiger charge is 2.22. The predicted molar refractivity (Wildman–Crippen MR) is 239 cm³/mol. The monoisotopic (exact) mass is 732 g/mol. The molecular weight excluding hydrogens is 701 g/mol. The van der Waals surface area contributed by atoms with Gasteiger partial charge in [0.1, 0.15) is 11.2 Å². The van der Waals surface area contributed by atoms with Gasteiger partial charge in [0.15, 0.2) is 0 Å². The van der Waals surface area contributed by atoms with E-state index >= 15 is 0 Å². The topological polar surface area (TPSA) is 21.3 Å². The molecule has 0 unspecified atom stereocenters. The van der Waals surface area contributed by atoms with Gasteiger partial charge in [0.05, 0.1) is 22.1 Å². The van der Waals surface area contributed by atoms with Crippen molar-refractivity contribution in [1.82, 2.24) is 4.57 Å². The molecule has 0 radical (unpaired) electrons. The Morgan fingerprint density at radius 2 is 1.09 bits per heavy atom. The minimum Gasteiger partial charge on any atom is -0.456 e. The van der Waals surface area contributed by atoms with Crippen molar-refractivity contribution >= 4 is 103 Å². The highest BCUT2D eigenvalue weighted by molar-refractivity contribution is 7.26. The van der Waals surface area contributed by atoms with Crippen LogP contribution in [0.25, 0.3) is 91.5 Å². The van der Waals surface area contributed by atoms with E-state index in [2.05, 4.69) is 198 Å². The number of hydrogen-bond donors (Lipinski definition) is 0. The highest BCUT2D eigenvalue weighted by Crippen LogP contribution is 2.46. The molecule has 4 heteroatoms. The Hall–Kier alpha value is -7.14. The predicted octanol–water partition coefficient (Wildman–Crippen LogP) is 15.3. The van der Waals surface area contributed by atoms with Gasteiger partial charge in [-0.1, -0.05) is 121 Å². The quantitative estimate of drug-likeness (QED) is 0.176. The second-order valence-corrected chi connectivity index (χ2v) is 15.5. The summed E-state index contributed by atoms with van der Waals surface area (Å²) in [6, 6.07) is 70.2. The fourth-order valence-corrected chi connectivity index (χ4v) is 10.1. The van der Waals surface area contributed by atoms with Crippen molar-refractivity contribution in [2.24, 2.45) is 0 Å². The number of hydrogen-bond acceptors (Lipinski definition) is 3. The number of nitrogens with zero attached hydrogens (tertiary/aromatic N) is 2. The van der Waals surface area contributed by atoms with Crippen LogP contribution in [0.15, 0.2) is 199 Å². The van der Waals surface area contributed by atoms with E-state index in [1.54, 1.807) is 0 Å². The summed E-state index contributed by atoms with van der Waals surface area (Å²) in [7, 11) is 0. The molecule has 12 rings (SSSR count). The largest absolute Gasteiger partial charge is 0.456 e. The minimum absolute atomic E-state index is 0.868. The molecule has 56 heavy (non-hydrogen) atoms. The third-order valence-electron chi connectivity index (χ3n) is 11.4. The van der Waals surface area contributed by atoms with Gasteiger partial charge in [-0.15, -0.1) is 11.3 Å². The molecule has 0 saturated heterocycles. The van der Waals surface area contributed by atoms with Crippen molar-refractivity contribution in [3.63, 3.8) is 0 Å². The molecule has 0 N–H and O–H groups in total. The van der Waals surface area contributed by atoms with Crippen LogP contribution in [0.1, 0.15) is 0 Å². The van der Waals surface area contributed by atoms with Crippen LogP contribution in [0, 0.1) is 0 Å². The third kappa shape index (κ3) is 4.63. The standard InChI is InChI=1S/C52H32N2OS/c1-2-13-34(14-3-1)54-45-20-9-6-16-38(45)39-30-29-36(31-47(39)54)53(46-21-12-23-49-51(46)42-19-7-10-22-48(42)55-49)35-27-25-33(26-28-35)43-32-44-40-17-8-11-24-50(40)56-52(44)41-18-5-4-15-37(41)43/h1-32H. The molecule has 0 aliphatic carbocycles. The Bertz CT molecular complexity index is 3480. The zero-order valence-electron chi connectivity index (χ0n) is 30.2. The maximum atomic E-state index is 6.45. The van der Waals surface area contributed by atoms with Crippen LogP contribution >= 0.6 is 11.3 Å². The first-order chi connectivity index (χ1) is 27.8. The van der Waals surface area contributed by atoms with Crippen molar-refractivity contribution in [2.75, 3.05) is 4.90 Å². The number of aromatic nitrogens is 1. The van der Waals surface area contributed by atoms with Crippen LogP contribution < -0.4 is 4.90 Å². The number of furan rings is 1. The SMILES string of the molecule is c1ccc(-n2c3ccccc3c3ccc(N(c4ccc(-c5cc6c7ccccc7sc6c6ccccc56)cc4)c4cccc5oc6ccccc6c45)cc32)cc1. The second-order valence-electron chi connectivity index (χ2n) is 14.5. The van der Waals surface area contributed by atoms with Gasteiger partial charge in [-0.25, -0.2) is 0 Å². The molecule has 0 aliphatic heterocycles. The first kappa shape index (κ1) is 31.2. The van der Waals surface area contributed by atoms with Crippen LogP contribution in [-0.4, -0.2) is 4.57 Å². The molecule has 0 bridgehead atoms. The lowest BCUT2D eigenvalue weighted by Crippen LogP contribution is -2.10.